The number of aromatic nitrogens is 2. The molecule has 19 heavy (non-hydrogen) atoms. The highest BCUT2D eigenvalue weighted by molar-refractivity contribution is 6.02. The van der Waals surface area contributed by atoms with E-state index in [2.05, 4.69) is 15.3 Å². The molecule has 0 bridgehead atoms. The zero-order chi connectivity index (χ0) is 14.0. The Labute approximate surface area is 106 Å². The molecule has 2 aromatic rings. The summed E-state index contributed by atoms with van der Waals surface area (Å²) in [5.41, 5.74) is -0.299. The second-order valence-corrected chi connectivity index (χ2v) is 3.76. The lowest BCUT2D eigenvalue weighted by Gasteiger charge is -2.03. The van der Waals surface area contributed by atoms with E-state index >= 15 is 0 Å². The Bertz CT molecular complexity index is 653. The maximum atomic E-state index is 13.3. The van der Waals surface area contributed by atoms with Gasteiger partial charge in [-0.05, 0) is 13.0 Å². The van der Waals surface area contributed by atoms with Crippen LogP contribution < -0.4 is 5.32 Å². The molecular weight excluding hydrogens is 255 g/mol. The monoisotopic (exact) mass is 264 g/mol. The summed E-state index contributed by atoms with van der Waals surface area (Å²) in [6.07, 6.45) is 1.34. The fraction of sp³-hybridized carbons (Fsp3) is 0.0909. The minimum absolute atomic E-state index is 0.125. The first-order valence-electron chi connectivity index (χ1n) is 5.24. The van der Waals surface area contributed by atoms with E-state index in [9.17, 15) is 19.3 Å². The van der Waals surface area contributed by atoms with E-state index in [0.29, 0.717) is 5.82 Å². The number of aryl methyl sites for hydroxylation is 1. The topological polar surface area (TPSA) is 101 Å². The Morgan fingerprint density at radius 3 is 2.79 bits per heavy atom. The first-order chi connectivity index (χ1) is 8.97. The molecular formula is C11H9FN4O3. The fourth-order valence-electron chi connectivity index (χ4n) is 1.47. The van der Waals surface area contributed by atoms with Crippen molar-refractivity contribution in [1.82, 2.24) is 9.97 Å². The second-order valence-electron chi connectivity index (χ2n) is 3.76. The van der Waals surface area contributed by atoms with Crippen LogP contribution in [0.4, 0.5) is 15.8 Å². The zero-order valence-electron chi connectivity index (χ0n) is 9.81. The lowest BCUT2D eigenvalue weighted by Crippen LogP contribution is -2.12. The van der Waals surface area contributed by atoms with Gasteiger partial charge in [0.05, 0.1) is 11.1 Å². The van der Waals surface area contributed by atoms with Crippen molar-refractivity contribution >= 4 is 17.3 Å². The largest absolute Gasteiger partial charge is 0.338 e. The van der Waals surface area contributed by atoms with Crippen molar-refractivity contribution in [2.24, 2.45) is 0 Å². The molecule has 2 rings (SSSR count). The number of imidazole rings is 1. The number of halogens is 1. The lowest BCUT2D eigenvalue weighted by molar-refractivity contribution is -0.387. The summed E-state index contributed by atoms with van der Waals surface area (Å²) in [4.78, 5) is 27.9. The van der Waals surface area contributed by atoms with Crippen LogP contribution in [0, 0.1) is 22.9 Å². The van der Waals surface area contributed by atoms with Crippen molar-refractivity contribution < 1.29 is 14.1 Å². The number of amides is 1. The number of aromatic amines is 1. The number of hydrogen-bond donors (Lipinski definition) is 2. The summed E-state index contributed by atoms with van der Waals surface area (Å²) in [7, 11) is 0. The van der Waals surface area contributed by atoms with E-state index < -0.39 is 22.3 Å². The first kappa shape index (κ1) is 12.7. The number of hydrogen-bond acceptors (Lipinski definition) is 4. The average Bonchev–Trinajstić information content (AvgIpc) is 2.75. The normalized spacial score (nSPS) is 10.2. The third-order valence-electron chi connectivity index (χ3n) is 2.35. The highest BCUT2D eigenvalue weighted by Gasteiger charge is 2.15. The first-order valence-corrected chi connectivity index (χ1v) is 5.24. The van der Waals surface area contributed by atoms with Crippen LogP contribution in [0.5, 0.6) is 0 Å². The lowest BCUT2D eigenvalue weighted by atomic mass is 10.2. The summed E-state index contributed by atoms with van der Waals surface area (Å²) < 4.78 is 13.3. The van der Waals surface area contributed by atoms with Gasteiger partial charge in [0.15, 0.2) is 0 Å². The van der Waals surface area contributed by atoms with Gasteiger partial charge in [-0.3, -0.25) is 14.9 Å². The Balaban J connectivity index is 2.18. The number of benzene rings is 1. The molecule has 0 saturated heterocycles. The van der Waals surface area contributed by atoms with Gasteiger partial charge in [-0.1, -0.05) is 0 Å². The Hall–Kier alpha value is -2.77. The minimum atomic E-state index is -1.01. The van der Waals surface area contributed by atoms with Crippen molar-refractivity contribution in [3.63, 3.8) is 0 Å². The molecule has 2 N–H and O–H groups in total. The van der Waals surface area contributed by atoms with Gasteiger partial charge in [-0.25, -0.2) is 4.98 Å². The number of nitro benzene ring substituents is 1. The average molecular weight is 264 g/mol. The number of anilines is 1. The van der Waals surface area contributed by atoms with Crippen LogP contribution in [0.15, 0.2) is 24.4 Å². The van der Waals surface area contributed by atoms with Gasteiger partial charge in [0.1, 0.15) is 11.5 Å². The predicted octanol–water partition coefficient (Wildman–Crippen LogP) is 2.02. The van der Waals surface area contributed by atoms with Gasteiger partial charge in [-0.15, -0.1) is 0 Å². The van der Waals surface area contributed by atoms with Crippen molar-refractivity contribution in [3.8, 4) is 0 Å². The molecule has 8 heteroatoms. The molecule has 0 aliphatic rings. The molecule has 0 unspecified atom stereocenters. The summed E-state index contributed by atoms with van der Waals surface area (Å²) in [5.74, 6) is -0.947. The quantitative estimate of drug-likeness (QED) is 0.654. The number of nitrogens with one attached hydrogen (secondary N) is 2. The Morgan fingerprint density at radius 2 is 2.26 bits per heavy atom. The molecule has 0 saturated carbocycles. The molecule has 0 aliphatic heterocycles. The van der Waals surface area contributed by atoms with Crippen LogP contribution in [0.25, 0.3) is 0 Å². The Kier molecular flexibility index (Phi) is 3.23. The van der Waals surface area contributed by atoms with Crippen LogP contribution >= 0.6 is 0 Å². The summed E-state index contributed by atoms with van der Waals surface area (Å²) in [6, 6.07) is 3.13. The number of nitrogens with zero attached hydrogens (tertiary/aromatic N) is 2. The van der Waals surface area contributed by atoms with Crippen LogP contribution in [0.1, 0.15) is 16.3 Å². The van der Waals surface area contributed by atoms with Gasteiger partial charge in [0, 0.05) is 17.8 Å². The van der Waals surface area contributed by atoms with Crippen LogP contribution in [-0.2, 0) is 0 Å². The number of nitro groups is 1. The maximum Gasteiger partial charge on any atom is 0.304 e. The van der Waals surface area contributed by atoms with E-state index in [4.69, 9.17) is 0 Å². The molecule has 1 aromatic heterocycles. The van der Waals surface area contributed by atoms with E-state index in [1.807, 2.05) is 0 Å². The van der Waals surface area contributed by atoms with Gasteiger partial charge in [-0.2, -0.15) is 4.39 Å². The van der Waals surface area contributed by atoms with Crippen molar-refractivity contribution in [3.05, 3.63) is 51.8 Å². The molecule has 98 valence electrons. The predicted molar refractivity (Wildman–Crippen MR) is 64.3 cm³/mol. The summed E-state index contributed by atoms with van der Waals surface area (Å²) >= 11 is 0. The zero-order valence-corrected chi connectivity index (χ0v) is 9.81. The van der Waals surface area contributed by atoms with Crippen molar-refractivity contribution in [1.29, 1.82) is 0 Å². The van der Waals surface area contributed by atoms with Crippen LogP contribution in [-0.4, -0.2) is 20.8 Å². The standard InChI is InChI=1S/C11H9FN4O3/c1-6-13-5-9(14-6)11(17)15-7-2-3-10(16(18)19)8(12)4-7/h2-5H,1H3,(H,13,14)(H,15,17). The van der Waals surface area contributed by atoms with Gasteiger partial charge < -0.3 is 10.3 Å². The number of carbonyl (C=O) groups excluding carboxylic acids is 1. The molecule has 1 heterocycles. The number of H-pyrrole nitrogens is 1. The third kappa shape index (κ3) is 2.73. The second kappa shape index (κ2) is 4.84. The van der Waals surface area contributed by atoms with E-state index in [-0.39, 0.29) is 11.4 Å². The molecule has 0 fully saturated rings. The molecule has 0 spiro atoms. The fourth-order valence-corrected chi connectivity index (χ4v) is 1.47. The number of rotatable bonds is 3. The van der Waals surface area contributed by atoms with Crippen molar-refractivity contribution in [2.45, 2.75) is 6.92 Å². The summed E-state index contributed by atoms with van der Waals surface area (Å²) in [6.45, 7) is 1.68. The molecule has 0 atom stereocenters. The van der Waals surface area contributed by atoms with Crippen molar-refractivity contribution in [2.75, 3.05) is 5.32 Å². The van der Waals surface area contributed by atoms with Crippen LogP contribution in [0.2, 0.25) is 0 Å². The number of carbonyl (C=O) groups is 1. The highest BCUT2D eigenvalue weighted by Crippen LogP contribution is 2.21. The molecule has 0 radical (unpaired) electrons. The SMILES string of the molecule is Cc1ncc(C(=O)Nc2ccc([N+](=O)[O-])c(F)c2)[nH]1. The summed E-state index contributed by atoms with van der Waals surface area (Å²) in [5, 5.41) is 12.9. The van der Waals surface area contributed by atoms with Gasteiger partial charge in [0.25, 0.3) is 5.91 Å². The van der Waals surface area contributed by atoms with E-state index in [0.717, 1.165) is 12.1 Å². The third-order valence-corrected chi connectivity index (χ3v) is 2.35. The Morgan fingerprint density at radius 1 is 1.53 bits per heavy atom. The van der Waals surface area contributed by atoms with E-state index in [1.165, 1.54) is 12.3 Å². The highest BCUT2D eigenvalue weighted by atomic mass is 19.1. The van der Waals surface area contributed by atoms with E-state index in [1.54, 1.807) is 6.92 Å². The smallest absolute Gasteiger partial charge is 0.304 e. The molecule has 7 nitrogen and oxygen atoms in total. The van der Waals surface area contributed by atoms with Gasteiger partial charge in [0.2, 0.25) is 5.82 Å². The molecule has 1 amide bonds. The minimum Gasteiger partial charge on any atom is -0.338 e. The maximum absolute atomic E-state index is 13.3. The molecule has 1 aromatic carbocycles. The van der Waals surface area contributed by atoms with Gasteiger partial charge >= 0.3 is 5.69 Å². The van der Waals surface area contributed by atoms with Crippen LogP contribution in [0.3, 0.4) is 0 Å². The molecule has 0 aliphatic carbocycles.